The van der Waals surface area contributed by atoms with Gasteiger partial charge in [-0.25, -0.2) is 4.79 Å². The Kier molecular flexibility index (Phi) is 2.79. The topological polar surface area (TPSA) is 107 Å². The molecule has 4 aliphatic rings. The number of halogens is 2. The Labute approximate surface area is 130 Å². The van der Waals surface area contributed by atoms with Crippen LogP contribution in [-0.4, -0.2) is 42.4 Å². The fraction of sp³-hybridized carbons (Fsp3) is 0.846. The van der Waals surface area contributed by atoms with Gasteiger partial charge in [0.15, 0.2) is 0 Å². The normalized spacial score (nSPS) is 44.3. The number of hydrogen-bond acceptors (Lipinski definition) is 6. The molecule has 10 heteroatoms. The van der Waals surface area contributed by atoms with Crippen LogP contribution in [0.25, 0.3) is 0 Å². The molecule has 0 aromatic carbocycles. The Morgan fingerprint density at radius 2 is 2.04 bits per heavy atom. The lowest BCUT2D eigenvalue weighted by Crippen LogP contribution is -2.61. The van der Waals surface area contributed by atoms with Crippen molar-refractivity contribution < 1.29 is 40.8 Å². The molecule has 1 N–H and O–H groups in total. The highest BCUT2D eigenvalue weighted by Gasteiger charge is 2.71. The number of alkyl halides is 2. The van der Waals surface area contributed by atoms with Crippen molar-refractivity contribution in [2.45, 2.75) is 43.1 Å². The predicted octanol–water partition coefficient (Wildman–Crippen LogP) is 0.740. The van der Waals surface area contributed by atoms with E-state index < -0.39 is 39.5 Å². The van der Waals surface area contributed by atoms with Crippen LogP contribution in [0.1, 0.15) is 25.7 Å². The Morgan fingerprint density at radius 3 is 2.70 bits per heavy atom. The lowest BCUT2D eigenvalue weighted by Gasteiger charge is -2.57. The molecule has 3 saturated carbocycles. The van der Waals surface area contributed by atoms with E-state index in [0.717, 1.165) is 0 Å². The second kappa shape index (κ2) is 4.21. The molecule has 6 atom stereocenters. The molecule has 4 fully saturated rings. The molecule has 1 saturated heterocycles. The van der Waals surface area contributed by atoms with Crippen molar-refractivity contribution in [3.63, 3.8) is 0 Å². The van der Waals surface area contributed by atoms with Crippen molar-refractivity contribution in [1.82, 2.24) is 0 Å². The summed E-state index contributed by atoms with van der Waals surface area (Å²) in [5.41, 5.74) is -0.168. The Hall–Kier alpha value is -1.29. The number of rotatable bonds is 3. The third-order valence-electron chi connectivity index (χ3n) is 6.03. The summed E-state index contributed by atoms with van der Waals surface area (Å²) < 4.78 is 66.4. The van der Waals surface area contributed by atoms with Crippen molar-refractivity contribution in [1.29, 1.82) is 0 Å². The molecule has 0 aromatic heterocycles. The molecular formula is C13H14F2O7S. The molecule has 0 aromatic rings. The number of esters is 2. The molecule has 23 heavy (non-hydrogen) atoms. The molecule has 6 unspecified atom stereocenters. The predicted molar refractivity (Wildman–Crippen MR) is 67.6 cm³/mol. The molecule has 7 nitrogen and oxygen atoms in total. The molecular weight excluding hydrogens is 338 g/mol. The van der Waals surface area contributed by atoms with Crippen LogP contribution >= 0.6 is 0 Å². The fourth-order valence-electron chi connectivity index (χ4n) is 5.03. The first-order valence-electron chi connectivity index (χ1n) is 7.33. The molecule has 1 aliphatic heterocycles. The summed E-state index contributed by atoms with van der Waals surface area (Å²) >= 11 is 0. The van der Waals surface area contributed by atoms with Gasteiger partial charge in [-0.3, -0.25) is 9.35 Å². The third kappa shape index (κ3) is 1.79. The lowest BCUT2D eigenvalue weighted by atomic mass is 9.50. The zero-order chi connectivity index (χ0) is 16.8. The summed E-state index contributed by atoms with van der Waals surface area (Å²) in [7, 11) is -5.92. The lowest BCUT2D eigenvalue weighted by molar-refractivity contribution is -0.224. The minimum Gasteiger partial charge on any atom is -0.458 e. The molecule has 0 amide bonds. The van der Waals surface area contributed by atoms with Crippen LogP contribution in [0.5, 0.6) is 0 Å². The zero-order valence-corrected chi connectivity index (χ0v) is 12.6. The van der Waals surface area contributed by atoms with Crippen molar-refractivity contribution in [2.24, 2.45) is 23.2 Å². The van der Waals surface area contributed by atoms with Crippen LogP contribution in [0.4, 0.5) is 8.78 Å². The van der Waals surface area contributed by atoms with Crippen LogP contribution in [0, 0.1) is 23.2 Å². The van der Waals surface area contributed by atoms with Gasteiger partial charge in [-0.1, -0.05) is 0 Å². The first kappa shape index (κ1) is 15.3. The highest BCUT2D eigenvalue weighted by molar-refractivity contribution is 7.87. The van der Waals surface area contributed by atoms with E-state index in [9.17, 15) is 26.8 Å². The first-order chi connectivity index (χ1) is 10.6. The second-order valence-corrected chi connectivity index (χ2v) is 8.42. The van der Waals surface area contributed by atoms with Crippen LogP contribution in [-0.2, 0) is 29.2 Å². The maximum absolute atomic E-state index is 13.4. The molecule has 4 rings (SSSR count). The smallest absolute Gasteiger partial charge is 0.458 e. The van der Waals surface area contributed by atoms with Gasteiger partial charge < -0.3 is 9.47 Å². The summed E-state index contributed by atoms with van der Waals surface area (Å²) in [6.07, 6.45) is 0.437. The maximum Gasteiger partial charge on any atom is 0.465 e. The van der Waals surface area contributed by atoms with E-state index in [1.54, 1.807) is 0 Å². The van der Waals surface area contributed by atoms with E-state index in [0.29, 0.717) is 31.6 Å². The van der Waals surface area contributed by atoms with E-state index in [4.69, 9.17) is 14.0 Å². The largest absolute Gasteiger partial charge is 0.465 e. The van der Waals surface area contributed by atoms with E-state index in [1.807, 2.05) is 0 Å². The summed E-state index contributed by atoms with van der Waals surface area (Å²) in [5, 5.41) is -5.04. The monoisotopic (exact) mass is 352 g/mol. The van der Waals surface area contributed by atoms with Crippen molar-refractivity contribution in [2.75, 3.05) is 0 Å². The standard InChI is InChI=1S/C13H14F2O7S/c14-13(15,23(18,19)20)11(17)22-9-5-1-6-2-7-10(16)21-8(9)4-12(6,7)3-5/h5-9H,1-4H2,(H,18,19,20). The Balaban J connectivity index is 1.59. The zero-order valence-electron chi connectivity index (χ0n) is 11.8. The van der Waals surface area contributed by atoms with Crippen molar-refractivity contribution in [3.05, 3.63) is 0 Å². The quantitative estimate of drug-likeness (QED) is 0.590. The van der Waals surface area contributed by atoms with Crippen LogP contribution in [0.2, 0.25) is 0 Å². The van der Waals surface area contributed by atoms with Gasteiger partial charge in [0.05, 0.1) is 5.92 Å². The molecule has 1 heterocycles. The van der Waals surface area contributed by atoms with E-state index in [1.165, 1.54) is 0 Å². The summed E-state index contributed by atoms with van der Waals surface area (Å²) in [6, 6.07) is 0. The Morgan fingerprint density at radius 1 is 1.35 bits per heavy atom. The molecule has 128 valence electrons. The minimum atomic E-state index is -5.92. The number of ether oxygens (including phenoxy) is 2. The average Bonchev–Trinajstić information content (AvgIpc) is 2.65. The molecule has 3 bridgehead atoms. The third-order valence-corrected chi connectivity index (χ3v) is 6.84. The SMILES string of the molecule is O=C1OC2CC34CC(CC3CC14)C2OC(=O)C(F)(F)S(=O)(=O)O. The molecule has 0 radical (unpaired) electrons. The van der Waals surface area contributed by atoms with Crippen molar-refractivity contribution in [3.8, 4) is 0 Å². The van der Waals surface area contributed by atoms with Gasteiger partial charge in [-0.05, 0) is 37.0 Å². The molecule has 3 aliphatic carbocycles. The average molecular weight is 352 g/mol. The van der Waals surface area contributed by atoms with Crippen LogP contribution in [0.3, 0.4) is 0 Å². The van der Waals surface area contributed by atoms with Gasteiger partial charge in [0.2, 0.25) is 0 Å². The number of fused-ring (bicyclic) bond motifs is 2. The maximum atomic E-state index is 13.4. The number of hydrogen-bond donors (Lipinski definition) is 1. The number of carbonyl (C=O) groups excluding carboxylic acids is 2. The minimum absolute atomic E-state index is 0.162. The van der Waals surface area contributed by atoms with Gasteiger partial charge >= 0.3 is 27.3 Å². The van der Waals surface area contributed by atoms with Crippen LogP contribution < -0.4 is 0 Å². The van der Waals surface area contributed by atoms with Crippen LogP contribution in [0.15, 0.2) is 0 Å². The van der Waals surface area contributed by atoms with E-state index in [2.05, 4.69) is 0 Å². The van der Waals surface area contributed by atoms with Gasteiger partial charge in [-0.15, -0.1) is 0 Å². The summed E-state index contributed by atoms with van der Waals surface area (Å²) in [5.74, 6) is -2.85. The van der Waals surface area contributed by atoms with Gasteiger partial charge in [-0.2, -0.15) is 17.2 Å². The second-order valence-electron chi connectivity index (χ2n) is 6.96. The van der Waals surface area contributed by atoms with Gasteiger partial charge in [0.25, 0.3) is 0 Å². The number of carbonyl (C=O) groups is 2. The summed E-state index contributed by atoms with van der Waals surface area (Å²) in [4.78, 5) is 23.5. The Bertz CT molecular complexity index is 705. The molecule has 1 spiro atoms. The summed E-state index contributed by atoms with van der Waals surface area (Å²) in [6.45, 7) is 0. The highest BCUT2D eigenvalue weighted by atomic mass is 32.2. The highest BCUT2D eigenvalue weighted by Crippen LogP contribution is 2.71. The van der Waals surface area contributed by atoms with Gasteiger partial charge in [0.1, 0.15) is 12.2 Å². The van der Waals surface area contributed by atoms with E-state index in [-0.39, 0.29) is 17.3 Å². The first-order valence-corrected chi connectivity index (χ1v) is 8.77. The van der Waals surface area contributed by atoms with E-state index >= 15 is 0 Å². The fourth-order valence-corrected chi connectivity index (χ4v) is 5.29. The van der Waals surface area contributed by atoms with Crippen molar-refractivity contribution >= 4 is 22.1 Å². The van der Waals surface area contributed by atoms with Gasteiger partial charge in [0, 0.05) is 5.92 Å².